The molecule has 0 atom stereocenters. The van der Waals surface area contributed by atoms with Crippen LogP contribution in [0, 0.1) is 0 Å². The molecule has 2 aliphatic heterocycles. The fraction of sp³-hybridized carbons (Fsp3) is 0.500. The normalized spacial score (nSPS) is 17.5. The predicted octanol–water partition coefficient (Wildman–Crippen LogP) is 2.55. The SMILES string of the molecule is CN(C)c1ncnc2ccc(N3CCN(Cc4ncc5n4CCCC5)CC3)cc12. The lowest BCUT2D eigenvalue weighted by Crippen LogP contribution is -2.46. The van der Waals surface area contributed by atoms with Crippen molar-refractivity contribution in [3.63, 3.8) is 0 Å². The largest absolute Gasteiger partial charge is 0.369 e. The van der Waals surface area contributed by atoms with Gasteiger partial charge in [0.1, 0.15) is 18.0 Å². The monoisotopic (exact) mass is 391 g/mol. The van der Waals surface area contributed by atoms with Crippen molar-refractivity contribution in [2.45, 2.75) is 32.4 Å². The highest BCUT2D eigenvalue weighted by Crippen LogP contribution is 2.27. The number of aryl methyl sites for hydroxylation is 1. The van der Waals surface area contributed by atoms with E-state index < -0.39 is 0 Å². The van der Waals surface area contributed by atoms with Gasteiger partial charge in [0.25, 0.3) is 0 Å². The van der Waals surface area contributed by atoms with E-state index in [1.807, 2.05) is 14.1 Å². The van der Waals surface area contributed by atoms with Gasteiger partial charge >= 0.3 is 0 Å². The topological polar surface area (TPSA) is 53.3 Å². The Morgan fingerprint density at radius 2 is 1.83 bits per heavy atom. The van der Waals surface area contributed by atoms with Crippen LogP contribution >= 0.6 is 0 Å². The van der Waals surface area contributed by atoms with Gasteiger partial charge in [-0.2, -0.15) is 0 Å². The Balaban J connectivity index is 1.28. The zero-order valence-corrected chi connectivity index (χ0v) is 17.4. The maximum absolute atomic E-state index is 4.72. The number of rotatable bonds is 4. The molecule has 0 bridgehead atoms. The van der Waals surface area contributed by atoms with Gasteiger partial charge in [-0.15, -0.1) is 0 Å². The minimum atomic E-state index is 0.962. The summed E-state index contributed by atoms with van der Waals surface area (Å²) in [6, 6.07) is 6.54. The van der Waals surface area contributed by atoms with Gasteiger partial charge in [0.2, 0.25) is 0 Å². The van der Waals surface area contributed by atoms with Crippen molar-refractivity contribution in [1.82, 2.24) is 24.4 Å². The van der Waals surface area contributed by atoms with E-state index in [1.54, 1.807) is 6.33 Å². The minimum Gasteiger partial charge on any atom is -0.369 e. The number of benzene rings is 1. The first kappa shape index (κ1) is 18.4. The van der Waals surface area contributed by atoms with Crippen LogP contribution in [0.4, 0.5) is 11.5 Å². The summed E-state index contributed by atoms with van der Waals surface area (Å²) in [6.07, 6.45) is 7.50. The van der Waals surface area contributed by atoms with E-state index in [4.69, 9.17) is 4.98 Å². The zero-order valence-electron chi connectivity index (χ0n) is 17.4. The first-order chi connectivity index (χ1) is 14.2. The molecule has 5 rings (SSSR count). The van der Waals surface area contributed by atoms with Crippen LogP contribution in [0.15, 0.2) is 30.7 Å². The summed E-state index contributed by atoms with van der Waals surface area (Å²) in [5.41, 5.74) is 3.67. The number of hydrogen-bond acceptors (Lipinski definition) is 6. The molecule has 0 unspecified atom stereocenters. The Morgan fingerprint density at radius 3 is 2.66 bits per heavy atom. The molecule has 7 nitrogen and oxygen atoms in total. The van der Waals surface area contributed by atoms with E-state index in [2.05, 4.69) is 53.6 Å². The van der Waals surface area contributed by atoms with Crippen molar-refractivity contribution in [1.29, 1.82) is 0 Å². The highest BCUT2D eigenvalue weighted by molar-refractivity contribution is 5.91. The molecule has 1 saturated heterocycles. The van der Waals surface area contributed by atoms with Crippen LogP contribution in [0.25, 0.3) is 10.9 Å². The first-order valence-corrected chi connectivity index (χ1v) is 10.6. The molecule has 29 heavy (non-hydrogen) atoms. The van der Waals surface area contributed by atoms with Crippen molar-refractivity contribution in [2.24, 2.45) is 0 Å². The lowest BCUT2D eigenvalue weighted by Gasteiger charge is -2.36. The van der Waals surface area contributed by atoms with Crippen LogP contribution in [-0.2, 0) is 19.5 Å². The Bertz CT molecular complexity index is 1000. The summed E-state index contributed by atoms with van der Waals surface area (Å²) < 4.78 is 2.45. The maximum Gasteiger partial charge on any atom is 0.139 e. The van der Waals surface area contributed by atoms with Gasteiger partial charge in [0, 0.05) is 69.8 Å². The highest BCUT2D eigenvalue weighted by atomic mass is 15.3. The van der Waals surface area contributed by atoms with Crippen LogP contribution in [0.1, 0.15) is 24.4 Å². The molecular formula is C22H29N7. The smallest absolute Gasteiger partial charge is 0.139 e. The minimum absolute atomic E-state index is 0.962. The molecule has 0 aliphatic carbocycles. The van der Waals surface area contributed by atoms with Crippen molar-refractivity contribution in [2.75, 3.05) is 50.1 Å². The van der Waals surface area contributed by atoms with E-state index in [0.717, 1.165) is 56.0 Å². The number of aromatic nitrogens is 4. The van der Waals surface area contributed by atoms with Crippen LogP contribution in [0.3, 0.4) is 0 Å². The van der Waals surface area contributed by atoms with Gasteiger partial charge in [-0.3, -0.25) is 4.90 Å². The van der Waals surface area contributed by atoms with Gasteiger partial charge in [-0.25, -0.2) is 15.0 Å². The summed E-state index contributed by atoms with van der Waals surface area (Å²) in [5.74, 6) is 2.21. The summed E-state index contributed by atoms with van der Waals surface area (Å²) in [5, 5.41) is 1.11. The van der Waals surface area contributed by atoms with Crippen molar-refractivity contribution < 1.29 is 0 Å². The molecular weight excluding hydrogens is 362 g/mol. The van der Waals surface area contributed by atoms with Gasteiger partial charge in [0.05, 0.1) is 12.1 Å². The second kappa shape index (κ2) is 7.63. The number of hydrogen-bond donors (Lipinski definition) is 0. The number of nitrogens with zero attached hydrogens (tertiary/aromatic N) is 7. The first-order valence-electron chi connectivity index (χ1n) is 10.6. The second-order valence-corrected chi connectivity index (χ2v) is 8.33. The van der Waals surface area contributed by atoms with Crippen molar-refractivity contribution in [3.05, 3.63) is 42.2 Å². The summed E-state index contributed by atoms with van der Waals surface area (Å²) >= 11 is 0. The molecule has 2 aromatic heterocycles. The molecule has 0 spiro atoms. The average Bonchev–Trinajstić information content (AvgIpc) is 3.16. The Kier molecular flexibility index (Phi) is 4.83. The third-order valence-electron chi connectivity index (χ3n) is 6.21. The van der Waals surface area contributed by atoms with Crippen LogP contribution < -0.4 is 9.80 Å². The standard InChI is InChI=1S/C22H29N7/c1-26(2)22-19-13-17(6-7-20(19)24-16-25-22)28-11-9-27(10-12-28)15-21-23-14-18-5-3-4-8-29(18)21/h6-7,13-14,16H,3-5,8-12,15H2,1-2H3. The van der Waals surface area contributed by atoms with Gasteiger partial charge in [0.15, 0.2) is 0 Å². The summed E-state index contributed by atoms with van der Waals surface area (Å²) in [7, 11) is 4.06. The van der Waals surface area contributed by atoms with E-state index in [0.29, 0.717) is 0 Å². The fourth-order valence-corrected chi connectivity index (χ4v) is 4.58. The number of fused-ring (bicyclic) bond motifs is 2. The van der Waals surface area contributed by atoms with Gasteiger partial charge in [-0.05, 0) is 37.5 Å². The second-order valence-electron chi connectivity index (χ2n) is 8.33. The molecule has 0 amide bonds. The molecule has 3 aromatic rings. The molecule has 1 aromatic carbocycles. The molecule has 0 saturated carbocycles. The van der Waals surface area contributed by atoms with Crippen LogP contribution in [0.5, 0.6) is 0 Å². The van der Waals surface area contributed by atoms with Crippen LogP contribution in [-0.4, -0.2) is 64.7 Å². The summed E-state index contributed by atoms with van der Waals surface area (Å²) in [4.78, 5) is 20.7. The van der Waals surface area contributed by atoms with E-state index in [-0.39, 0.29) is 0 Å². The zero-order chi connectivity index (χ0) is 19.8. The van der Waals surface area contributed by atoms with Crippen LogP contribution in [0.2, 0.25) is 0 Å². The quantitative estimate of drug-likeness (QED) is 0.681. The molecule has 7 heteroatoms. The van der Waals surface area contributed by atoms with Crippen molar-refractivity contribution >= 4 is 22.4 Å². The van der Waals surface area contributed by atoms with E-state index >= 15 is 0 Å². The molecule has 152 valence electrons. The number of piperazine rings is 1. The van der Waals surface area contributed by atoms with E-state index in [1.165, 1.54) is 36.5 Å². The fourth-order valence-electron chi connectivity index (χ4n) is 4.58. The Hall–Kier alpha value is -2.67. The third kappa shape index (κ3) is 3.55. The molecule has 0 N–H and O–H groups in total. The van der Waals surface area contributed by atoms with Gasteiger partial charge < -0.3 is 14.4 Å². The third-order valence-corrected chi connectivity index (χ3v) is 6.21. The molecule has 1 fully saturated rings. The Morgan fingerprint density at radius 1 is 0.966 bits per heavy atom. The van der Waals surface area contributed by atoms with Gasteiger partial charge in [-0.1, -0.05) is 0 Å². The average molecular weight is 392 g/mol. The maximum atomic E-state index is 4.72. The Labute approximate surface area is 172 Å². The molecule has 4 heterocycles. The number of anilines is 2. The summed E-state index contributed by atoms with van der Waals surface area (Å²) in [6.45, 7) is 6.29. The number of imidazole rings is 1. The highest BCUT2D eigenvalue weighted by Gasteiger charge is 2.21. The van der Waals surface area contributed by atoms with Crippen molar-refractivity contribution in [3.8, 4) is 0 Å². The lowest BCUT2D eigenvalue weighted by molar-refractivity contribution is 0.239. The predicted molar refractivity (Wildman–Crippen MR) is 117 cm³/mol. The molecule has 0 radical (unpaired) electrons. The lowest BCUT2D eigenvalue weighted by atomic mass is 10.1. The van der Waals surface area contributed by atoms with E-state index in [9.17, 15) is 0 Å². The molecule has 2 aliphatic rings.